The fourth-order valence-corrected chi connectivity index (χ4v) is 7.76. The first kappa shape index (κ1) is 42.4. The van der Waals surface area contributed by atoms with Crippen LogP contribution in [0.1, 0.15) is 93.1 Å². The molecule has 2 aliphatic rings. The summed E-state index contributed by atoms with van der Waals surface area (Å²) in [6.07, 6.45) is 5.75. The van der Waals surface area contributed by atoms with E-state index in [1.807, 2.05) is 71.0 Å². The summed E-state index contributed by atoms with van der Waals surface area (Å²) in [7, 11) is 2.54. The predicted molar refractivity (Wildman–Crippen MR) is 221 cm³/mol. The number of aromatic nitrogens is 4. The van der Waals surface area contributed by atoms with Gasteiger partial charge >= 0.3 is 12.2 Å². The van der Waals surface area contributed by atoms with Gasteiger partial charge in [-0.25, -0.2) is 19.6 Å². The Morgan fingerprint density at radius 2 is 1.49 bits per heavy atom. The average molecular weight is 810 g/mol. The molecule has 0 spiro atoms. The number of alkyl carbamates (subject to hydrolysis) is 2. The van der Waals surface area contributed by atoms with Crippen LogP contribution in [0.3, 0.4) is 0 Å². The maximum absolute atomic E-state index is 13.9. The minimum absolute atomic E-state index is 0.143. The number of rotatable bonds is 13. The highest BCUT2D eigenvalue weighted by molar-refractivity contribution is 6.07. The molecule has 2 aromatic carbocycles. The van der Waals surface area contributed by atoms with Crippen molar-refractivity contribution in [2.24, 2.45) is 11.8 Å². The molecule has 0 aliphatic carbocycles. The first-order chi connectivity index (χ1) is 28.3. The van der Waals surface area contributed by atoms with Gasteiger partial charge in [0.2, 0.25) is 11.8 Å². The third kappa shape index (κ3) is 9.58. The highest BCUT2D eigenvalue weighted by Crippen LogP contribution is 2.34. The summed E-state index contributed by atoms with van der Waals surface area (Å²) in [6.45, 7) is 10.7. The normalized spacial score (nSPS) is 16.0. The molecule has 4 aromatic rings. The van der Waals surface area contributed by atoms with E-state index in [9.17, 15) is 24.0 Å². The molecule has 0 radical (unpaired) electrons. The molecule has 3 unspecified atom stereocenters. The van der Waals surface area contributed by atoms with Crippen molar-refractivity contribution in [3.63, 3.8) is 0 Å². The summed E-state index contributed by atoms with van der Waals surface area (Å²) in [4.78, 5) is 84.6. The smallest absolute Gasteiger partial charge is 0.407 e. The molecule has 4 heterocycles. The molecule has 16 heteroatoms. The number of hydrogen-bond acceptors (Lipinski definition) is 9. The van der Waals surface area contributed by atoms with Gasteiger partial charge in [-0.3, -0.25) is 14.4 Å². The Morgan fingerprint density at radius 3 is 2.17 bits per heavy atom. The van der Waals surface area contributed by atoms with E-state index in [-0.39, 0.29) is 42.1 Å². The molecular weight excluding hydrogens is 755 g/mol. The summed E-state index contributed by atoms with van der Waals surface area (Å²) in [6, 6.07) is 10.0. The first-order valence-electron chi connectivity index (χ1n) is 20.3. The summed E-state index contributed by atoms with van der Waals surface area (Å²) >= 11 is 0. The number of amides is 5. The Balaban J connectivity index is 1.17. The molecule has 2 aliphatic heterocycles. The molecule has 5 amide bonds. The molecule has 2 aromatic heterocycles. The van der Waals surface area contributed by atoms with Crippen molar-refractivity contribution < 1.29 is 33.4 Å². The summed E-state index contributed by atoms with van der Waals surface area (Å²) < 4.78 is 9.51. The van der Waals surface area contributed by atoms with Crippen molar-refractivity contribution in [1.82, 2.24) is 40.4 Å². The lowest BCUT2D eigenvalue weighted by molar-refractivity contribution is -0.136. The number of benzene rings is 2. The van der Waals surface area contributed by atoms with Gasteiger partial charge in [-0.05, 0) is 67.2 Å². The van der Waals surface area contributed by atoms with Crippen molar-refractivity contribution in [2.75, 3.05) is 32.6 Å². The van der Waals surface area contributed by atoms with Gasteiger partial charge < -0.3 is 45.2 Å². The number of nitrogens with one attached hydrogen (secondary N) is 5. The molecule has 6 rings (SSSR count). The zero-order chi connectivity index (χ0) is 42.4. The second-order valence-corrected chi connectivity index (χ2v) is 15.8. The number of imidazole rings is 2. The molecule has 0 saturated carbocycles. The minimum Gasteiger partial charge on any atom is -0.453 e. The molecular formula is C43H55N9O7. The lowest BCUT2D eigenvalue weighted by Gasteiger charge is -2.30. The fraction of sp³-hybridized carbons (Fsp3) is 0.465. The van der Waals surface area contributed by atoms with Crippen LogP contribution in [0, 0.1) is 11.8 Å². The Kier molecular flexibility index (Phi) is 13.4. The van der Waals surface area contributed by atoms with E-state index in [0.29, 0.717) is 48.8 Å². The molecule has 1 fully saturated rings. The predicted octanol–water partition coefficient (Wildman–Crippen LogP) is 5.98. The number of methoxy groups -OCH3 is 2. The van der Waals surface area contributed by atoms with Gasteiger partial charge in [0.1, 0.15) is 23.7 Å². The van der Waals surface area contributed by atoms with Crippen molar-refractivity contribution >= 4 is 35.6 Å². The second kappa shape index (κ2) is 18.6. The number of fused-ring (bicyclic) bond motifs is 2. The van der Waals surface area contributed by atoms with Crippen LogP contribution < -0.4 is 16.0 Å². The molecule has 3 atom stereocenters. The van der Waals surface area contributed by atoms with E-state index in [1.54, 1.807) is 22.2 Å². The van der Waals surface area contributed by atoms with Crippen LogP contribution in [-0.2, 0) is 38.4 Å². The number of carbonyl (C=O) groups is 5. The Morgan fingerprint density at radius 1 is 0.864 bits per heavy atom. The number of hydrogen-bond donors (Lipinski definition) is 5. The van der Waals surface area contributed by atoms with Gasteiger partial charge in [-0.15, -0.1) is 0 Å². The van der Waals surface area contributed by atoms with Gasteiger partial charge in [0.15, 0.2) is 0 Å². The Bertz CT molecular complexity index is 2180. The summed E-state index contributed by atoms with van der Waals surface area (Å²) in [5.41, 5.74) is 6.26. The Labute approximate surface area is 344 Å². The molecule has 1 saturated heterocycles. The number of nitrogens with zero attached hydrogens (tertiary/aromatic N) is 4. The lowest BCUT2D eigenvalue weighted by Crippen LogP contribution is -2.51. The number of likely N-dealkylation sites (tertiary alicyclic amines) is 1. The topological polar surface area (TPSA) is 204 Å². The van der Waals surface area contributed by atoms with E-state index < -0.39 is 24.3 Å². The largest absolute Gasteiger partial charge is 0.453 e. The van der Waals surface area contributed by atoms with E-state index in [2.05, 4.69) is 35.9 Å². The quantitative estimate of drug-likeness (QED) is 0.108. The highest BCUT2D eigenvalue weighted by atomic mass is 16.5. The van der Waals surface area contributed by atoms with Crippen LogP contribution >= 0.6 is 0 Å². The zero-order valence-corrected chi connectivity index (χ0v) is 34.8. The van der Waals surface area contributed by atoms with Crippen LogP contribution in [0.2, 0.25) is 0 Å². The maximum Gasteiger partial charge on any atom is 0.407 e. The van der Waals surface area contributed by atoms with Gasteiger partial charge in [0.25, 0.3) is 5.91 Å². The summed E-state index contributed by atoms with van der Waals surface area (Å²) in [5.74, 6) is 0.300. The van der Waals surface area contributed by atoms with Crippen molar-refractivity contribution in [3.05, 3.63) is 77.1 Å². The van der Waals surface area contributed by atoms with E-state index >= 15 is 0 Å². The first-order valence-corrected chi connectivity index (χ1v) is 20.3. The highest BCUT2D eigenvalue weighted by Gasteiger charge is 2.37. The minimum atomic E-state index is -0.749. The van der Waals surface area contributed by atoms with Crippen LogP contribution in [0.15, 0.2) is 48.8 Å². The molecule has 16 nitrogen and oxygen atoms in total. The maximum atomic E-state index is 13.9. The van der Waals surface area contributed by atoms with Gasteiger partial charge in [0.05, 0.1) is 50.6 Å². The number of ether oxygens (including phenoxy) is 2. The van der Waals surface area contributed by atoms with Crippen LogP contribution in [-0.4, -0.2) is 99.0 Å². The van der Waals surface area contributed by atoms with Crippen LogP contribution in [0.5, 0.6) is 0 Å². The fourth-order valence-electron chi connectivity index (χ4n) is 7.76. The van der Waals surface area contributed by atoms with Crippen molar-refractivity contribution in [2.45, 2.75) is 91.4 Å². The third-order valence-corrected chi connectivity index (χ3v) is 11.0. The number of aryl methyl sites for hydroxylation is 2. The number of anilines is 1. The van der Waals surface area contributed by atoms with Crippen molar-refractivity contribution in [3.8, 4) is 22.5 Å². The molecule has 5 N–H and O–H groups in total. The molecule has 314 valence electrons. The lowest BCUT2D eigenvalue weighted by atomic mass is 9.93. The van der Waals surface area contributed by atoms with Gasteiger partial charge in [-0.2, -0.15) is 0 Å². The molecule has 0 bridgehead atoms. The SMILES string of the molecule is CCCN(Cc1ncc(-c2ccc3c(c2)NC(=O)c2cc(-c4cnc(C5CCCN5C(=O)C(NC(=O)OC)C(C)C)[nH]4)ccc2CC3)[nH]1)C(=O)C(NC(=O)OC)C(C)C. The number of H-pyrrole nitrogens is 2. The number of aromatic amines is 2. The van der Waals surface area contributed by atoms with Gasteiger partial charge in [-0.1, -0.05) is 58.9 Å². The van der Waals surface area contributed by atoms with Crippen LogP contribution in [0.4, 0.5) is 15.3 Å². The monoisotopic (exact) mass is 809 g/mol. The van der Waals surface area contributed by atoms with E-state index in [0.717, 1.165) is 52.9 Å². The number of carbonyl (C=O) groups excluding carboxylic acids is 5. The summed E-state index contributed by atoms with van der Waals surface area (Å²) in [5, 5.41) is 8.49. The van der Waals surface area contributed by atoms with Crippen molar-refractivity contribution in [1.29, 1.82) is 0 Å². The Hall–Kier alpha value is -6.19. The average Bonchev–Trinajstić information content (AvgIpc) is 4.02. The third-order valence-electron chi connectivity index (χ3n) is 11.0. The van der Waals surface area contributed by atoms with E-state index in [4.69, 9.17) is 9.47 Å². The zero-order valence-electron chi connectivity index (χ0n) is 34.8. The second-order valence-electron chi connectivity index (χ2n) is 15.8. The van der Waals surface area contributed by atoms with E-state index in [1.165, 1.54) is 14.2 Å². The molecule has 59 heavy (non-hydrogen) atoms. The van der Waals surface area contributed by atoms with Crippen LogP contribution in [0.25, 0.3) is 22.5 Å². The van der Waals surface area contributed by atoms with Gasteiger partial charge in [0, 0.05) is 35.5 Å². The standard InChI is InChI=1S/C43H55N9O7/c1-8-17-51(40(54)36(24(2)3)49-42(56)58-6)23-35-44-21-32(46-35)29-16-14-27-13-11-26-12-15-28(19-30(26)39(53)48-31(27)20-29)33-22-45-38(47-33)34-10-9-18-52(34)41(55)37(25(4)5)50-43(57)59-7/h12,14-16,19-22,24-25,34,36-37H,8-11,13,17-18,23H2,1-7H3,(H,44,46)(H,45,47)(H,48,53)(H,49,56)(H,50,57).